The highest BCUT2D eigenvalue weighted by Crippen LogP contribution is 2.31. The van der Waals surface area contributed by atoms with E-state index in [1.807, 2.05) is 0 Å². The number of furan rings is 1. The number of ether oxygens (including phenoxy) is 1. The van der Waals surface area contributed by atoms with E-state index in [9.17, 15) is 4.79 Å². The number of aldehydes is 1. The van der Waals surface area contributed by atoms with Gasteiger partial charge in [-0.2, -0.15) is 0 Å². The number of carbonyl (C=O) groups excluding carboxylic acids is 1. The van der Waals surface area contributed by atoms with Gasteiger partial charge in [-0.1, -0.05) is 0 Å². The first-order chi connectivity index (χ1) is 6.76. The number of methoxy groups -OCH3 is 1. The molecule has 0 atom stereocenters. The van der Waals surface area contributed by atoms with E-state index in [1.165, 1.54) is 7.11 Å². The fourth-order valence-corrected chi connectivity index (χ4v) is 1.71. The van der Waals surface area contributed by atoms with Crippen molar-refractivity contribution in [2.24, 2.45) is 0 Å². The van der Waals surface area contributed by atoms with Crippen molar-refractivity contribution in [1.82, 2.24) is 0 Å². The van der Waals surface area contributed by atoms with Gasteiger partial charge in [0.25, 0.3) is 0 Å². The number of benzene rings is 1. The average Bonchev–Trinajstić information content (AvgIpc) is 2.58. The maximum atomic E-state index is 10.7. The Morgan fingerprint density at radius 2 is 2.29 bits per heavy atom. The first-order valence-corrected chi connectivity index (χ1v) is 4.75. The molecule has 0 bridgehead atoms. The van der Waals surface area contributed by atoms with Crippen LogP contribution in [0.15, 0.2) is 27.3 Å². The van der Waals surface area contributed by atoms with Gasteiger partial charge in [0.1, 0.15) is 17.6 Å². The average molecular weight is 255 g/mol. The van der Waals surface area contributed by atoms with E-state index >= 15 is 0 Å². The van der Waals surface area contributed by atoms with Crippen LogP contribution in [0.1, 0.15) is 10.4 Å². The molecule has 0 saturated carbocycles. The first kappa shape index (κ1) is 9.27. The summed E-state index contributed by atoms with van der Waals surface area (Å²) < 4.78 is 11.1. The van der Waals surface area contributed by atoms with Crippen molar-refractivity contribution in [3.8, 4) is 5.75 Å². The molecule has 0 radical (unpaired) electrons. The lowest BCUT2D eigenvalue weighted by Crippen LogP contribution is -1.89. The number of hydrogen-bond acceptors (Lipinski definition) is 3. The van der Waals surface area contributed by atoms with Crippen molar-refractivity contribution in [1.29, 1.82) is 0 Å². The minimum absolute atomic E-state index is 0.516. The third-order valence-corrected chi connectivity index (χ3v) is 2.62. The van der Waals surface area contributed by atoms with Gasteiger partial charge in [-0.3, -0.25) is 4.79 Å². The Morgan fingerprint density at radius 1 is 1.50 bits per heavy atom. The van der Waals surface area contributed by atoms with Crippen LogP contribution < -0.4 is 4.74 Å². The molecule has 1 aromatic heterocycles. The van der Waals surface area contributed by atoms with Crippen molar-refractivity contribution in [2.45, 2.75) is 0 Å². The number of carbonyl (C=O) groups is 1. The summed E-state index contributed by atoms with van der Waals surface area (Å²) in [4.78, 5) is 10.7. The van der Waals surface area contributed by atoms with E-state index in [0.717, 1.165) is 16.1 Å². The Hall–Kier alpha value is -1.29. The van der Waals surface area contributed by atoms with Crippen LogP contribution in [-0.4, -0.2) is 13.4 Å². The molecule has 0 aliphatic rings. The van der Waals surface area contributed by atoms with Crippen LogP contribution in [0, 0.1) is 0 Å². The Labute approximate surface area is 88.8 Å². The SMILES string of the molecule is COc1cc2occ(Br)c2cc1C=O. The zero-order valence-corrected chi connectivity index (χ0v) is 9.00. The molecule has 4 heteroatoms. The molecule has 0 aliphatic heterocycles. The van der Waals surface area contributed by atoms with Crippen molar-refractivity contribution in [3.63, 3.8) is 0 Å². The van der Waals surface area contributed by atoms with Crippen molar-refractivity contribution in [3.05, 3.63) is 28.4 Å². The topological polar surface area (TPSA) is 39.4 Å². The largest absolute Gasteiger partial charge is 0.496 e. The molecule has 72 valence electrons. The summed E-state index contributed by atoms with van der Waals surface area (Å²) in [6, 6.07) is 3.43. The van der Waals surface area contributed by atoms with Gasteiger partial charge in [0, 0.05) is 11.5 Å². The number of fused-ring (bicyclic) bond motifs is 1. The van der Waals surface area contributed by atoms with E-state index < -0.39 is 0 Å². The van der Waals surface area contributed by atoms with Crippen LogP contribution in [0.25, 0.3) is 11.0 Å². The molecule has 0 aliphatic carbocycles. The highest BCUT2D eigenvalue weighted by molar-refractivity contribution is 9.10. The predicted octanol–water partition coefficient (Wildman–Crippen LogP) is 3.02. The number of rotatable bonds is 2. The third kappa shape index (κ3) is 1.32. The zero-order chi connectivity index (χ0) is 10.1. The Bertz CT molecular complexity index is 487. The summed E-state index contributed by atoms with van der Waals surface area (Å²) in [7, 11) is 1.52. The minimum atomic E-state index is 0.516. The van der Waals surface area contributed by atoms with Crippen LogP contribution in [0.5, 0.6) is 5.75 Å². The summed E-state index contributed by atoms with van der Waals surface area (Å²) in [5.41, 5.74) is 1.21. The number of halogens is 1. The lowest BCUT2D eigenvalue weighted by molar-refractivity contribution is 0.112. The van der Waals surface area contributed by atoms with Gasteiger partial charge in [0.05, 0.1) is 17.1 Å². The van der Waals surface area contributed by atoms with Gasteiger partial charge >= 0.3 is 0 Å². The van der Waals surface area contributed by atoms with Gasteiger partial charge in [-0.05, 0) is 22.0 Å². The monoisotopic (exact) mass is 254 g/mol. The standard InChI is InChI=1S/C10H7BrO3/c1-13-9-3-10-7(2-6(9)4-12)8(11)5-14-10/h2-5H,1H3. The van der Waals surface area contributed by atoms with Gasteiger partial charge in [-0.25, -0.2) is 0 Å². The van der Waals surface area contributed by atoms with Crippen molar-refractivity contribution >= 4 is 33.2 Å². The first-order valence-electron chi connectivity index (χ1n) is 3.96. The van der Waals surface area contributed by atoms with E-state index in [0.29, 0.717) is 16.9 Å². The normalized spacial score (nSPS) is 10.4. The summed E-state index contributed by atoms with van der Waals surface area (Å²) in [6.07, 6.45) is 2.34. The van der Waals surface area contributed by atoms with Gasteiger partial charge in [0.2, 0.25) is 0 Å². The van der Waals surface area contributed by atoms with Crippen molar-refractivity contribution in [2.75, 3.05) is 7.11 Å². The fourth-order valence-electron chi connectivity index (χ4n) is 1.31. The highest BCUT2D eigenvalue weighted by atomic mass is 79.9. The molecule has 1 heterocycles. The Kier molecular flexibility index (Phi) is 2.29. The van der Waals surface area contributed by atoms with E-state index in [1.54, 1.807) is 18.4 Å². The minimum Gasteiger partial charge on any atom is -0.496 e. The zero-order valence-electron chi connectivity index (χ0n) is 7.41. The van der Waals surface area contributed by atoms with Crippen LogP contribution in [0.4, 0.5) is 0 Å². The molecular weight excluding hydrogens is 248 g/mol. The second-order valence-corrected chi connectivity index (χ2v) is 3.65. The van der Waals surface area contributed by atoms with E-state index in [2.05, 4.69) is 15.9 Å². The summed E-state index contributed by atoms with van der Waals surface area (Å²) in [5.74, 6) is 0.523. The predicted molar refractivity (Wildman–Crippen MR) is 55.9 cm³/mol. The summed E-state index contributed by atoms with van der Waals surface area (Å²) in [5, 5.41) is 0.868. The molecule has 0 spiro atoms. The fraction of sp³-hybridized carbons (Fsp3) is 0.100. The second-order valence-electron chi connectivity index (χ2n) is 2.79. The molecule has 2 rings (SSSR count). The molecule has 0 unspecified atom stereocenters. The molecule has 0 amide bonds. The van der Waals surface area contributed by atoms with Gasteiger partial charge in [-0.15, -0.1) is 0 Å². The Morgan fingerprint density at radius 3 is 2.93 bits per heavy atom. The van der Waals surface area contributed by atoms with Crippen LogP contribution in [-0.2, 0) is 0 Å². The molecule has 0 fully saturated rings. The molecule has 1 aromatic carbocycles. The summed E-state index contributed by atoms with van der Waals surface area (Å²) >= 11 is 3.33. The van der Waals surface area contributed by atoms with E-state index in [-0.39, 0.29) is 0 Å². The lowest BCUT2D eigenvalue weighted by atomic mass is 10.1. The van der Waals surface area contributed by atoms with Crippen molar-refractivity contribution < 1.29 is 13.9 Å². The number of hydrogen-bond donors (Lipinski definition) is 0. The third-order valence-electron chi connectivity index (χ3n) is 2.01. The quantitative estimate of drug-likeness (QED) is 0.774. The van der Waals surface area contributed by atoms with Crippen LogP contribution >= 0.6 is 15.9 Å². The van der Waals surface area contributed by atoms with E-state index in [4.69, 9.17) is 9.15 Å². The molecular formula is C10H7BrO3. The maximum Gasteiger partial charge on any atom is 0.153 e. The Balaban J connectivity index is 2.77. The smallest absolute Gasteiger partial charge is 0.153 e. The highest BCUT2D eigenvalue weighted by Gasteiger charge is 2.09. The molecule has 0 saturated heterocycles. The molecule has 3 nitrogen and oxygen atoms in total. The van der Waals surface area contributed by atoms with Gasteiger partial charge in [0.15, 0.2) is 6.29 Å². The lowest BCUT2D eigenvalue weighted by Gasteiger charge is -2.02. The molecule has 14 heavy (non-hydrogen) atoms. The summed E-state index contributed by atoms with van der Waals surface area (Å²) in [6.45, 7) is 0. The van der Waals surface area contributed by atoms with Gasteiger partial charge < -0.3 is 9.15 Å². The van der Waals surface area contributed by atoms with Crippen LogP contribution in [0.3, 0.4) is 0 Å². The second kappa shape index (κ2) is 3.46. The molecule has 0 N–H and O–H groups in total. The maximum absolute atomic E-state index is 10.7. The molecule has 2 aromatic rings. The van der Waals surface area contributed by atoms with Crippen LogP contribution in [0.2, 0.25) is 0 Å².